The SMILES string of the molecule is CC(C)[C@H](Cc1cn(Cc2ccc(C(=O)O)cc2)nn1)C(=O)N[C@@H](CCCCN)C(=O)O. The zero-order valence-corrected chi connectivity index (χ0v) is 18.4. The molecule has 32 heavy (non-hydrogen) atoms. The van der Waals surface area contributed by atoms with Gasteiger partial charge in [-0.1, -0.05) is 31.2 Å². The molecule has 174 valence electrons. The molecule has 0 unspecified atom stereocenters. The largest absolute Gasteiger partial charge is 0.480 e. The molecule has 2 aromatic rings. The summed E-state index contributed by atoms with van der Waals surface area (Å²) in [4.78, 5) is 35.3. The topological polar surface area (TPSA) is 160 Å². The molecule has 0 bridgehead atoms. The van der Waals surface area contributed by atoms with Crippen LogP contribution < -0.4 is 11.1 Å². The van der Waals surface area contributed by atoms with Crippen molar-refractivity contribution in [1.82, 2.24) is 20.3 Å². The number of unbranched alkanes of at least 4 members (excludes halogenated alkanes) is 1. The van der Waals surface area contributed by atoms with Gasteiger partial charge in [0.25, 0.3) is 0 Å². The number of carbonyl (C=O) groups is 3. The normalized spacial score (nSPS) is 13.0. The van der Waals surface area contributed by atoms with E-state index in [1.807, 2.05) is 13.8 Å². The third-order valence-corrected chi connectivity index (χ3v) is 5.26. The molecule has 2 rings (SSSR count). The van der Waals surface area contributed by atoms with Gasteiger partial charge in [-0.15, -0.1) is 5.10 Å². The number of aliphatic carboxylic acids is 1. The van der Waals surface area contributed by atoms with E-state index in [0.717, 1.165) is 5.56 Å². The average molecular weight is 446 g/mol. The first kappa shape index (κ1) is 25.0. The molecule has 0 aliphatic rings. The molecule has 2 atom stereocenters. The minimum atomic E-state index is -1.06. The second kappa shape index (κ2) is 11.9. The lowest BCUT2D eigenvalue weighted by Crippen LogP contribution is -2.45. The van der Waals surface area contributed by atoms with Gasteiger partial charge in [-0.25, -0.2) is 14.3 Å². The Bertz CT molecular complexity index is 910. The Balaban J connectivity index is 2.01. The lowest BCUT2D eigenvalue weighted by Gasteiger charge is -2.22. The van der Waals surface area contributed by atoms with Gasteiger partial charge in [0.2, 0.25) is 5.91 Å². The summed E-state index contributed by atoms with van der Waals surface area (Å²) < 4.78 is 1.62. The van der Waals surface area contributed by atoms with Crippen molar-refractivity contribution in [2.45, 2.75) is 52.1 Å². The van der Waals surface area contributed by atoms with Crippen LogP contribution in [-0.4, -0.2) is 55.6 Å². The predicted molar refractivity (Wildman–Crippen MR) is 117 cm³/mol. The van der Waals surface area contributed by atoms with Gasteiger partial charge in [-0.3, -0.25) is 4.79 Å². The quantitative estimate of drug-likeness (QED) is 0.338. The molecule has 1 aromatic carbocycles. The maximum atomic E-state index is 12.8. The number of nitrogens with two attached hydrogens (primary N) is 1. The summed E-state index contributed by atoms with van der Waals surface area (Å²) in [6.45, 7) is 4.70. The van der Waals surface area contributed by atoms with Crippen LogP contribution in [0.5, 0.6) is 0 Å². The van der Waals surface area contributed by atoms with Crippen LogP contribution in [0.15, 0.2) is 30.5 Å². The van der Waals surface area contributed by atoms with Crippen molar-refractivity contribution < 1.29 is 24.6 Å². The van der Waals surface area contributed by atoms with E-state index in [9.17, 15) is 19.5 Å². The van der Waals surface area contributed by atoms with Gasteiger partial charge in [-0.05, 0) is 49.4 Å². The zero-order valence-electron chi connectivity index (χ0n) is 18.4. The Morgan fingerprint density at radius 2 is 1.81 bits per heavy atom. The number of amides is 1. The Morgan fingerprint density at radius 1 is 1.12 bits per heavy atom. The van der Waals surface area contributed by atoms with E-state index in [4.69, 9.17) is 10.8 Å². The van der Waals surface area contributed by atoms with Crippen molar-refractivity contribution in [2.75, 3.05) is 6.54 Å². The van der Waals surface area contributed by atoms with Crippen molar-refractivity contribution in [3.05, 3.63) is 47.3 Å². The van der Waals surface area contributed by atoms with Crippen LogP contribution in [0.4, 0.5) is 0 Å². The molecule has 1 heterocycles. The fourth-order valence-electron chi connectivity index (χ4n) is 3.33. The third kappa shape index (κ3) is 7.45. The van der Waals surface area contributed by atoms with Crippen molar-refractivity contribution in [3.8, 4) is 0 Å². The first-order chi connectivity index (χ1) is 15.2. The van der Waals surface area contributed by atoms with E-state index in [1.54, 1.807) is 23.0 Å². The molecular formula is C22H31N5O5. The number of nitrogens with one attached hydrogen (secondary N) is 1. The minimum absolute atomic E-state index is 0.0257. The van der Waals surface area contributed by atoms with Gasteiger partial charge in [0, 0.05) is 18.5 Å². The fraction of sp³-hybridized carbons (Fsp3) is 0.500. The van der Waals surface area contributed by atoms with Crippen LogP contribution >= 0.6 is 0 Å². The first-order valence-electron chi connectivity index (χ1n) is 10.7. The number of aromatic nitrogens is 3. The summed E-state index contributed by atoms with van der Waals surface area (Å²) in [5, 5.41) is 29.3. The fourth-order valence-corrected chi connectivity index (χ4v) is 3.33. The Hall–Kier alpha value is -3.27. The number of carboxylic acid groups (broad SMARTS) is 2. The van der Waals surface area contributed by atoms with E-state index in [-0.39, 0.29) is 17.4 Å². The third-order valence-electron chi connectivity index (χ3n) is 5.26. The van der Waals surface area contributed by atoms with E-state index in [0.29, 0.717) is 44.5 Å². The Kier molecular flexibility index (Phi) is 9.33. The molecule has 0 radical (unpaired) electrons. The summed E-state index contributed by atoms with van der Waals surface area (Å²) in [7, 11) is 0. The summed E-state index contributed by atoms with van der Waals surface area (Å²) in [6, 6.07) is 5.54. The van der Waals surface area contributed by atoms with Crippen LogP contribution in [0.1, 0.15) is 54.7 Å². The number of carboxylic acids is 2. The van der Waals surface area contributed by atoms with Gasteiger partial charge in [0.15, 0.2) is 0 Å². The van der Waals surface area contributed by atoms with Gasteiger partial charge in [0.05, 0.1) is 17.8 Å². The molecule has 0 spiro atoms. The smallest absolute Gasteiger partial charge is 0.335 e. The van der Waals surface area contributed by atoms with Crippen LogP contribution in [0, 0.1) is 11.8 Å². The van der Waals surface area contributed by atoms with Gasteiger partial charge in [-0.2, -0.15) is 0 Å². The molecule has 10 heteroatoms. The molecule has 0 fully saturated rings. The molecule has 0 saturated heterocycles. The van der Waals surface area contributed by atoms with Crippen LogP contribution in [-0.2, 0) is 22.6 Å². The van der Waals surface area contributed by atoms with Crippen LogP contribution in [0.3, 0.4) is 0 Å². The highest BCUT2D eigenvalue weighted by Gasteiger charge is 2.28. The van der Waals surface area contributed by atoms with Crippen molar-refractivity contribution in [1.29, 1.82) is 0 Å². The Morgan fingerprint density at radius 3 is 2.38 bits per heavy atom. The number of nitrogens with zero attached hydrogens (tertiary/aromatic N) is 3. The second-order valence-electron chi connectivity index (χ2n) is 8.15. The lowest BCUT2D eigenvalue weighted by molar-refractivity contribution is -0.143. The first-order valence-corrected chi connectivity index (χ1v) is 10.7. The summed E-state index contributed by atoms with van der Waals surface area (Å²) in [5.74, 6) is -2.84. The van der Waals surface area contributed by atoms with Crippen LogP contribution in [0.2, 0.25) is 0 Å². The van der Waals surface area contributed by atoms with Crippen molar-refractivity contribution in [2.24, 2.45) is 17.6 Å². The second-order valence-corrected chi connectivity index (χ2v) is 8.15. The maximum absolute atomic E-state index is 12.8. The Labute approximate surface area is 186 Å². The molecule has 0 saturated carbocycles. The summed E-state index contributed by atoms with van der Waals surface area (Å²) >= 11 is 0. The zero-order chi connectivity index (χ0) is 23.7. The maximum Gasteiger partial charge on any atom is 0.335 e. The van der Waals surface area contributed by atoms with Crippen molar-refractivity contribution >= 4 is 17.8 Å². The molecule has 1 aromatic heterocycles. The summed E-state index contributed by atoms with van der Waals surface area (Å²) in [5.41, 5.74) is 7.16. The molecule has 10 nitrogen and oxygen atoms in total. The monoisotopic (exact) mass is 445 g/mol. The molecule has 0 aliphatic carbocycles. The van der Waals surface area contributed by atoms with E-state index in [2.05, 4.69) is 15.6 Å². The number of carbonyl (C=O) groups excluding carboxylic acids is 1. The standard InChI is InChI=1S/C22H31N5O5/c1-14(2)18(20(28)24-19(22(31)32)5-3-4-10-23)11-17-13-27(26-25-17)12-15-6-8-16(9-7-15)21(29)30/h6-9,13-14,18-19H,3-5,10-12,23H2,1-2H3,(H,24,28)(H,29,30)(H,31,32)/t18-,19-/m0/s1. The van der Waals surface area contributed by atoms with Gasteiger partial charge >= 0.3 is 11.9 Å². The number of rotatable bonds is 13. The molecular weight excluding hydrogens is 414 g/mol. The van der Waals surface area contributed by atoms with Crippen molar-refractivity contribution in [3.63, 3.8) is 0 Å². The van der Waals surface area contributed by atoms with E-state index < -0.39 is 23.9 Å². The lowest BCUT2D eigenvalue weighted by atomic mass is 9.90. The van der Waals surface area contributed by atoms with Crippen LogP contribution in [0.25, 0.3) is 0 Å². The average Bonchev–Trinajstić information content (AvgIpc) is 3.18. The highest BCUT2D eigenvalue weighted by molar-refractivity contribution is 5.87. The van der Waals surface area contributed by atoms with Gasteiger partial charge in [0.1, 0.15) is 6.04 Å². The predicted octanol–water partition coefficient (Wildman–Crippen LogP) is 1.54. The van der Waals surface area contributed by atoms with E-state index >= 15 is 0 Å². The highest BCUT2D eigenvalue weighted by atomic mass is 16.4. The molecule has 5 N–H and O–H groups in total. The number of hydrogen-bond acceptors (Lipinski definition) is 6. The molecule has 1 amide bonds. The van der Waals surface area contributed by atoms with Gasteiger partial charge < -0.3 is 21.3 Å². The number of benzene rings is 1. The number of hydrogen-bond donors (Lipinski definition) is 4. The highest BCUT2D eigenvalue weighted by Crippen LogP contribution is 2.18. The number of aromatic carboxylic acids is 1. The summed E-state index contributed by atoms with van der Waals surface area (Å²) in [6.07, 6.45) is 3.73. The minimum Gasteiger partial charge on any atom is -0.480 e. The molecule has 0 aliphatic heterocycles. The van der Waals surface area contributed by atoms with E-state index in [1.165, 1.54) is 12.1 Å².